The van der Waals surface area contributed by atoms with Gasteiger partial charge in [-0.2, -0.15) is 0 Å². The Bertz CT molecular complexity index is 1980. The standard InChI is InChI=1S/C39H31NO5/c1-3-21-42-35-15-7-30-25-37(17-9-28(30)23-35)44-33-13-5-27(6-14-33)39(41)40-32-11-19-34(20-12-32)45-38-18-10-29-24-36(43-22-4-2)16-8-31(29)26-38/h3-20,23-26H,1-2,21-22H2,(H,40,41). The average Bonchev–Trinajstić information content (AvgIpc) is 3.07. The monoisotopic (exact) mass is 593 g/mol. The second-order valence-corrected chi connectivity index (χ2v) is 10.2. The molecule has 0 fully saturated rings. The molecular formula is C39H31NO5. The molecule has 0 spiro atoms. The van der Waals surface area contributed by atoms with Crippen LogP contribution in [-0.2, 0) is 0 Å². The van der Waals surface area contributed by atoms with Crippen molar-refractivity contribution < 1.29 is 23.7 Å². The van der Waals surface area contributed by atoms with E-state index in [1.54, 1.807) is 36.4 Å². The maximum absolute atomic E-state index is 12.9. The number of carbonyl (C=O) groups excluding carboxylic acids is 1. The molecule has 0 heterocycles. The van der Waals surface area contributed by atoms with Crippen molar-refractivity contribution in [2.45, 2.75) is 0 Å². The van der Waals surface area contributed by atoms with Gasteiger partial charge in [0.2, 0.25) is 0 Å². The molecule has 0 aliphatic heterocycles. The Morgan fingerprint density at radius 2 is 0.889 bits per heavy atom. The van der Waals surface area contributed by atoms with Crippen LogP contribution in [0.25, 0.3) is 21.5 Å². The van der Waals surface area contributed by atoms with Gasteiger partial charge in [0.05, 0.1) is 0 Å². The number of anilines is 1. The fourth-order valence-corrected chi connectivity index (χ4v) is 4.78. The zero-order chi connectivity index (χ0) is 31.0. The minimum atomic E-state index is -0.221. The van der Waals surface area contributed by atoms with E-state index in [-0.39, 0.29) is 5.91 Å². The van der Waals surface area contributed by atoms with Crippen LogP contribution in [0.5, 0.6) is 34.5 Å². The fourth-order valence-electron chi connectivity index (χ4n) is 4.78. The highest BCUT2D eigenvalue weighted by molar-refractivity contribution is 6.04. The molecule has 0 unspecified atom stereocenters. The van der Waals surface area contributed by atoms with Gasteiger partial charge in [0.25, 0.3) is 5.91 Å². The maximum atomic E-state index is 12.9. The Hall–Kier alpha value is -6.01. The highest BCUT2D eigenvalue weighted by Crippen LogP contribution is 2.30. The number of rotatable bonds is 12. The summed E-state index contributed by atoms with van der Waals surface area (Å²) < 4.78 is 23.3. The first-order chi connectivity index (χ1) is 22.1. The minimum Gasteiger partial charge on any atom is -0.490 e. The predicted molar refractivity (Wildman–Crippen MR) is 180 cm³/mol. The van der Waals surface area contributed by atoms with Crippen molar-refractivity contribution >= 4 is 33.1 Å². The van der Waals surface area contributed by atoms with E-state index < -0.39 is 0 Å². The molecule has 0 aromatic heterocycles. The van der Waals surface area contributed by atoms with Crippen LogP contribution in [-0.4, -0.2) is 19.1 Å². The van der Waals surface area contributed by atoms with Gasteiger partial charge in [-0.3, -0.25) is 4.79 Å². The third kappa shape index (κ3) is 7.32. The SMILES string of the molecule is C=CCOc1ccc2cc(Oc3ccc(NC(=O)c4ccc(Oc5ccc6cc(OCC=C)ccc6c5)cc4)cc3)ccc2c1. The number of ether oxygens (including phenoxy) is 4. The van der Waals surface area contributed by atoms with Gasteiger partial charge in [0, 0.05) is 11.3 Å². The highest BCUT2D eigenvalue weighted by Gasteiger charge is 2.09. The van der Waals surface area contributed by atoms with E-state index in [1.165, 1.54) is 0 Å². The van der Waals surface area contributed by atoms with Crippen molar-refractivity contribution in [2.24, 2.45) is 0 Å². The van der Waals surface area contributed by atoms with Crippen LogP contribution >= 0.6 is 0 Å². The third-order valence-corrected chi connectivity index (χ3v) is 7.00. The Labute approximate surface area is 261 Å². The lowest BCUT2D eigenvalue weighted by Gasteiger charge is -2.11. The van der Waals surface area contributed by atoms with Crippen LogP contribution in [0, 0.1) is 0 Å². The van der Waals surface area contributed by atoms with E-state index in [0.717, 1.165) is 33.0 Å². The molecule has 0 aliphatic carbocycles. The molecule has 45 heavy (non-hydrogen) atoms. The van der Waals surface area contributed by atoms with Crippen LogP contribution in [0.4, 0.5) is 5.69 Å². The summed E-state index contributed by atoms with van der Waals surface area (Å²) >= 11 is 0. The predicted octanol–water partition coefficient (Wildman–Crippen LogP) is 9.96. The summed E-state index contributed by atoms with van der Waals surface area (Å²) in [6.45, 7) is 8.29. The second-order valence-electron chi connectivity index (χ2n) is 10.2. The normalized spacial score (nSPS) is 10.7. The highest BCUT2D eigenvalue weighted by atomic mass is 16.5. The number of nitrogens with one attached hydrogen (secondary N) is 1. The zero-order valence-electron chi connectivity index (χ0n) is 24.6. The molecule has 6 aromatic carbocycles. The van der Waals surface area contributed by atoms with Crippen LogP contribution in [0.2, 0.25) is 0 Å². The largest absolute Gasteiger partial charge is 0.490 e. The Morgan fingerprint density at radius 1 is 0.511 bits per heavy atom. The van der Waals surface area contributed by atoms with Crippen molar-refractivity contribution in [1.29, 1.82) is 0 Å². The molecule has 222 valence electrons. The van der Waals surface area contributed by atoms with Crippen LogP contribution in [0.1, 0.15) is 10.4 Å². The van der Waals surface area contributed by atoms with Gasteiger partial charge in [0.15, 0.2) is 0 Å². The van der Waals surface area contributed by atoms with E-state index in [9.17, 15) is 4.79 Å². The minimum absolute atomic E-state index is 0.221. The van der Waals surface area contributed by atoms with Crippen molar-refractivity contribution in [3.8, 4) is 34.5 Å². The van der Waals surface area contributed by atoms with E-state index >= 15 is 0 Å². The van der Waals surface area contributed by atoms with Gasteiger partial charge >= 0.3 is 0 Å². The zero-order valence-corrected chi connectivity index (χ0v) is 24.6. The first-order valence-electron chi connectivity index (χ1n) is 14.5. The topological polar surface area (TPSA) is 66.0 Å². The molecule has 6 heteroatoms. The van der Waals surface area contributed by atoms with Gasteiger partial charge in [0.1, 0.15) is 47.7 Å². The molecule has 6 rings (SSSR count). The Kier molecular flexibility index (Phi) is 8.74. The molecule has 6 aromatic rings. The van der Waals surface area contributed by atoms with E-state index in [4.69, 9.17) is 18.9 Å². The van der Waals surface area contributed by atoms with E-state index in [0.29, 0.717) is 47.5 Å². The number of benzene rings is 6. The summed E-state index contributed by atoms with van der Waals surface area (Å²) in [6.07, 6.45) is 3.44. The lowest BCUT2D eigenvalue weighted by atomic mass is 10.1. The van der Waals surface area contributed by atoms with Crippen molar-refractivity contribution in [3.63, 3.8) is 0 Å². The molecule has 1 amide bonds. The molecule has 0 saturated heterocycles. The van der Waals surface area contributed by atoms with Gasteiger partial charge in [-0.1, -0.05) is 49.6 Å². The van der Waals surface area contributed by atoms with E-state index in [1.807, 2.05) is 97.1 Å². The van der Waals surface area contributed by atoms with Gasteiger partial charge in [-0.15, -0.1) is 0 Å². The molecule has 0 bridgehead atoms. The summed E-state index contributed by atoms with van der Waals surface area (Å²) in [6, 6.07) is 37.9. The van der Waals surface area contributed by atoms with Crippen molar-refractivity contribution in [1.82, 2.24) is 0 Å². The summed E-state index contributed by atoms with van der Waals surface area (Å²) in [7, 11) is 0. The number of amides is 1. The second kappa shape index (κ2) is 13.5. The lowest BCUT2D eigenvalue weighted by molar-refractivity contribution is 0.102. The Morgan fingerprint density at radius 3 is 1.33 bits per heavy atom. The summed E-state index contributed by atoms with van der Waals surface area (Å²) in [5, 5.41) is 7.11. The average molecular weight is 594 g/mol. The summed E-state index contributed by atoms with van der Waals surface area (Å²) in [5.41, 5.74) is 1.18. The molecule has 0 aliphatic rings. The van der Waals surface area contributed by atoms with Crippen molar-refractivity contribution in [3.05, 3.63) is 152 Å². The maximum Gasteiger partial charge on any atom is 0.255 e. The van der Waals surface area contributed by atoms with Gasteiger partial charge < -0.3 is 24.3 Å². The molecule has 0 radical (unpaired) electrons. The van der Waals surface area contributed by atoms with Gasteiger partial charge in [-0.05, 0) is 119 Å². The van der Waals surface area contributed by atoms with Crippen LogP contribution in [0.15, 0.2) is 147 Å². The van der Waals surface area contributed by atoms with Crippen LogP contribution in [0.3, 0.4) is 0 Å². The smallest absolute Gasteiger partial charge is 0.255 e. The molecule has 6 nitrogen and oxygen atoms in total. The number of fused-ring (bicyclic) bond motifs is 2. The van der Waals surface area contributed by atoms with Gasteiger partial charge in [-0.25, -0.2) is 0 Å². The van der Waals surface area contributed by atoms with Crippen molar-refractivity contribution in [2.75, 3.05) is 18.5 Å². The first kappa shape index (κ1) is 29.1. The lowest BCUT2D eigenvalue weighted by Crippen LogP contribution is -2.11. The molecule has 0 saturated carbocycles. The number of hydrogen-bond acceptors (Lipinski definition) is 5. The molecule has 1 N–H and O–H groups in total. The summed E-state index contributed by atoms with van der Waals surface area (Å²) in [4.78, 5) is 12.9. The van der Waals surface area contributed by atoms with E-state index in [2.05, 4.69) is 18.5 Å². The number of carbonyl (C=O) groups is 1. The quantitative estimate of drug-likeness (QED) is 0.143. The third-order valence-electron chi connectivity index (χ3n) is 7.00. The number of hydrogen-bond donors (Lipinski definition) is 1. The molecular weight excluding hydrogens is 562 g/mol. The Balaban J connectivity index is 1.04. The summed E-state index contributed by atoms with van der Waals surface area (Å²) in [5.74, 6) is 4.08. The molecule has 0 atom stereocenters. The van der Waals surface area contributed by atoms with Crippen LogP contribution < -0.4 is 24.3 Å². The fraction of sp³-hybridized carbons (Fsp3) is 0.0513. The first-order valence-corrected chi connectivity index (χ1v) is 14.5.